The highest BCUT2D eigenvalue weighted by atomic mass is 16.5. The number of hydrogen-bond acceptors (Lipinski definition) is 5. The monoisotopic (exact) mass is 402 g/mol. The fraction of sp³-hybridized carbons (Fsp3) is 0.130. The Morgan fingerprint density at radius 3 is 2.43 bits per heavy atom. The molecule has 3 aromatic rings. The Morgan fingerprint density at radius 1 is 0.967 bits per heavy atom. The number of aromatic nitrogens is 1. The number of amides is 2. The summed E-state index contributed by atoms with van der Waals surface area (Å²) in [5.74, 6) is 0.0912. The SMILES string of the molecule is O=C(COc1ccc(/C=N\NC(=O)c2ccncc2)cc1)NCCc1ccccc1. The van der Waals surface area contributed by atoms with E-state index in [1.54, 1.807) is 48.8 Å². The quantitative estimate of drug-likeness (QED) is 0.425. The Hall–Kier alpha value is -4.00. The highest BCUT2D eigenvalue weighted by molar-refractivity contribution is 5.94. The van der Waals surface area contributed by atoms with E-state index in [1.807, 2.05) is 30.3 Å². The van der Waals surface area contributed by atoms with Crippen LogP contribution in [0.5, 0.6) is 5.75 Å². The van der Waals surface area contributed by atoms with Gasteiger partial charge in [0.1, 0.15) is 5.75 Å². The zero-order valence-corrected chi connectivity index (χ0v) is 16.3. The van der Waals surface area contributed by atoms with Crippen molar-refractivity contribution in [1.82, 2.24) is 15.7 Å². The lowest BCUT2D eigenvalue weighted by Crippen LogP contribution is -2.30. The van der Waals surface area contributed by atoms with Gasteiger partial charge >= 0.3 is 0 Å². The molecule has 0 radical (unpaired) electrons. The number of benzene rings is 2. The van der Waals surface area contributed by atoms with Crippen LogP contribution in [0, 0.1) is 0 Å². The Balaban J connectivity index is 1.37. The third kappa shape index (κ3) is 6.87. The van der Waals surface area contributed by atoms with Gasteiger partial charge in [-0.1, -0.05) is 30.3 Å². The van der Waals surface area contributed by atoms with E-state index in [1.165, 1.54) is 11.8 Å². The minimum Gasteiger partial charge on any atom is -0.484 e. The number of rotatable bonds is 9. The van der Waals surface area contributed by atoms with Crippen LogP contribution in [0.3, 0.4) is 0 Å². The van der Waals surface area contributed by atoms with E-state index >= 15 is 0 Å². The summed E-state index contributed by atoms with van der Waals surface area (Å²) in [6.07, 6.45) is 5.39. The van der Waals surface area contributed by atoms with Crippen LogP contribution in [0.25, 0.3) is 0 Å². The fourth-order valence-electron chi connectivity index (χ4n) is 2.57. The predicted molar refractivity (Wildman–Crippen MR) is 114 cm³/mol. The van der Waals surface area contributed by atoms with Crippen molar-refractivity contribution in [2.45, 2.75) is 6.42 Å². The molecule has 0 fully saturated rings. The van der Waals surface area contributed by atoms with E-state index in [-0.39, 0.29) is 18.4 Å². The summed E-state index contributed by atoms with van der Waals surface area (Å²) in [6.45, 7) is 0.511. The van der Waals surface area contributed by atoms with Crippen LogP contribution >= 0.6 is 0 Å². The molecule has 0 spiro atoms. The first kappa shape index (κ1) is 20.7. The minimum absolute atomic E-state index is 0.0514. The normalized spacial score (nSPS) is 10.5. The molecule has 2 amide bonds. The second-order valence-electron chi connectivity index (χ2n) is 6.38. The first-order chi connectivity index (χ1) is 14.7. The first-order valence-corrected chi connectivity index (χ1v) is 9.47. The average Bonchev–Trinajstić information content (AvgIpc) is 2.80. The summed E-state index contributed by atoms with van der Waals surface area (Å²) in [5.41, 5.74) is 4.89. The van der Waals surface area contributed by atoms with Crippen molar-refractivity contribution < 1.29 is 14.3 Å². The molecule has 0 saturated heterocycles. The van der Waals surface area contributed by atoms with Crippen molar-refractivity contribution in [2.24, 2.45) is 5.10 Å². The molecule has 152 valence electrons. The third-order valence-corrected chi connectivity index (χ3v) is 4.15. The van der Waals surface area contributed by atoms with Crippen LogP contribution in [0.15, 0.2) is 84.2 Å². The van der Waals surface area contributed by atoms with Gasteiger partial charge in [0.2, 0.25) is 0 Å². The molecule has 7 nitrogen and oxygen atoms in total. The van der Waals surface area contributed by atoms with Crippen molar-refractivity contribution in [3.8, 4) is 5.75 Å². The standard InChI is InChI=1S/C23H22N4O3/c28-22(25-15-10-18-4-2-1-3-5-18)17-30-21-8-6-19(7-9-21)16-26-27-23(29)20-11-13-24-14-12-20/h1-9,11-14,16H,10,15,17H2,(H,25,28)(H,27,29)/b26-16-. The molecule has 1 aromatic heterocycles. The molecule has 0 bridgehead atoms. The number of pyridine rings is 1. The summed E-state index contributed by atoms with van der Waals surface area (Å²) < 4.78 is 5.49. The van der Waals surface area contributed by atoms with Crippen molar-refractivity contribution in [3.63, 3.8) is 0 Å². The molecule has 0 aliphatic rings. The number of carbonyl (C=O) groups excluding carboxylic acids is 2. The van der Waals surface area contributed by atoms with Crippen molar-refractivity contribution in [1.29, 1.82) is 0 Å². The molecule has 30 heavy (non-hydrogen) atoms. The van der Waals surface area contributed by atoms with Gasteiger partial charge in [0.05, 0.1) is 6.21 Å². The molecule has 0 atom stereocenters. The third-order valence-electron chi connectivity index (χ3n) is 4.15. The Labute approximate surface area is 174 Å². The average molecular weight is 402 g/mol. The molecular weight excluding hydrogens is 380 g/mol. The van der Waals surface area contributed by atoms with Gasteiger partial charge in [0.15, 0.2) is 6.61 Å². The molecule has 2 N–H and O–H groups in total. The van der Waals surface area contributed by atoms with E-state index in [4.69, 9.17) is 4.74 Å². The topological polar surface area (TPSA) is 92.7 Å². The summed E-state index contributed by atoms with van der Waals surface area (Å²) in [5, 5.41) is 6.77. The summed E-state index contributed by atoms with van der Waals surface area (Å²) in [7, 11) is 0. The number of carbonyl (C=O) groups is 2. The largest absolute Gasteiger partial charge is 0.484 e. The number of ether oxygens (including phenoxy) is 1. The maximum absolute atomic E-state index is 11.9. The second-order valence-corrected chi connectivity index (χ2v) is 6.38. The molecule has 0 aliphatic heterocycles. The lowest BCUT2D eigenvalue weighted by Gasteiger charge is -2.08. The van der Waals surface area contributed by atoms with Crippen molar-refractivity contribution in [3.05, 3.63) is 95.8 Å². The molecule has 0 unspecified atom stereocenters. The zero-order chi connectivity index (χ0) is 21.0. The molecule has 0 saturated carbocycles. The van der Waals surface area contributed by atoms with E-state index in [0.29, 0.717) is 17.9 Å². The lowest BCUT2D eigenvalue weighted by atomic mass is 10.1. The highest BCUT2D eigenvalue weighted by Crippen LogP contribution is 2.11. The van der Waals surface area contributed by atoms with Crippen LogP contribution in [0.4, 0.5) is 0 Å². The maximum atomic E-state index is 11.9. The second kappa shape index (κ2) is 11.1. The number of hydrogen-bond donors (Lipinski definition) is 2. The molecule has 0 aliphatic carbocycles. The van der Waals surface area contributed by atoms with Crippen LogP contribution < -0.4 is 15.5 Å². The number of nitrogens with one attached hydrogen (secondary N) is 2. The van der Waals surface area contributed by atoms with E-state index in [2.05, 4.69) is 20.8 Å². The van der Waals surface area contributed by atoms with Gasteiger partial charge in [0, 0.05) is 24.5 Å². The van der Waals surface area contributed by atoms with E-state index < -0.39 is 0 Å². The fourth-order valence-corrected chi connectivity index (χ4v) is 2.57. The van der Waals surface area contributed by atoms with Crippen molar-refractivity contribution >= 4 is 18.0 Å². The van der Waals surface area contributed by atoms with Crippen LogP contribution in [-0.2, 0) is 11.2 Å². The summed E-state index contributed by atoms with van der Waals surface area (Å²) in [6, 6.07) is 20.2. The lowest BCUT2D eigenvalue weighted by molar-refractivity contribution is -0.123. The van der Waals surface area contributed by atoms with Gasteiger partial charge in [0.25, 0.3) is 11.8 Å². The smallest absolute Gasteiger partial charge is 0.271 e. The summed E-state index contributed by atoms with van der Waals surface area (Å²) >= 11 is 0. The molecular formula is C23H22N4O3. The summed E-state index contributed by atoms with van der Waals surface area (Å²) in [4.78, 5) is 27.6. The van der Waals surface area contributed by atoms with Gasteiger partial charge < -0.3 is 10.1 Å². The number of hydrazone groups is 1. The first-order valence-electron chi connectivity index (χ1n) is 9.47. The van der Waals surface area contributed by atoms with E-state index in [9.17, 15) is 9.59 Å². The van der Waals surface area contributed by atoms with Crippen molar-refractivity contribution in [2.75, 3.05) is 13.2 Å². The van der Waals surface area contributed by atoms with Gasteiger partial charge in [-0.2, -0.15) is 5.10 Å². The maximum Gasteiger partial charge on any atom is 0.271 e. The van der Waals surface area contributed by atoms with Crippen LogP contribution in [0.1, 0.15) is 21.5 Å². The Morgan fingerprint density at radius 2 is 1.70 bits per heavy atom. The highest BCUT2D eigenvalue weighted by Gasteiger charge is 2.04. The van der Waals surface area contributed by atoms with E-state index in [0.717, 1.165) is 12.0 Å². The van der Waals surface area contributed by atoms with Crippen LogP contribution in [-0.4, -0.2) is 36.2 Å². The number of nitrogens with zero attached hydrogens (tertiary/aromatic N) is 2. The molecule has 1 heterocycles. The molecule has 2 aromatic carbocycles. The Bertz CT molecular complexity index is 974. The van der Waals surface area contributed by atoms with Crippen LogP contribution in [0.2, 0.25) is 0 Å². The van der Waals surface area contributed by atoms with Gasteiger partial charge in [-0.25, -0.2) is 5.43 Å². The predicted octanol–water partition coefficient (Wildman–Crippen LogP) is 2.58. The molecule has 3 rings (SSSR count). The van der Waals surface area contributed by atoms with Gasteiger partial charge in [-0.15, -0.1) is 0 Å². The zero-order valence-electron chi connectivity index (χ0n) is 16.3. The minimum atomic E-state index is -0.313. The Kier molecular flexibility index (Phi) is 7.68. The van der Waals surface area contributed by atoms with Gasteiger partial charge in [-0.05, 0) is 53.9 Å². The molecule has 7 heteroatoms. The van der Waals surface area contributed by atoms with Gasteiger partial charge in [-0.3, -0.25) is 14.6 Å².